The third-order valence-electron chi connectivity index (χ3n) is 4.92. The lowest BCUT2D eigenvalue weighted by molar-refractivity contribution is -0.161. The van der Waals surface area contributed by atoms with Crippen LogP contribution in [0.25, 0.3) is 0 Å². The molecule has 0 aliphatic carbocycles. The van der Waals surface area contributed by atoms with Gasteiger partial charge in [0.15, 0.2) is 5.60 Å². The van der Waals surface area contributed by atoms with E-state index in [9.17, 15) is 15.0 Å². The van der Waals surface area contributed by atoms with E-state index in [4.69, 9.17) is 10.5 Å². The summed E-state index contributed by atoms with van der Waals surface area (Å²) in [5.74, 6) is -0.494. The molecule has 4 N–H and O–H groups in total. The predicted molar refractivity (Wildman–Crippen MR) is 99.1 cm³/mol. The second kappa shape index (κ2) is 8.79. The number of carbonyl (C=O) groups is 1. The van der Waals surface area contributed by atoms with Crippen LogP contribution in [0.2, 0.25) is 0 Å². The Hall–Kier alpha value is -1.70. The van der Waals surface area contributed by atoms with E-state index < -0.39 is 17.6 Å². The minimum atomic E-state index is -2.05. The molecule has 2 atom stereocenters. The number of pyridine rings is 1. The van der Waals surface area contributed by atoms with Gasteiger partial charge in [0.2, 0.25) is 0 Å². The summed E-state index contributed by atoms with van der Waals surface area (Å²) in [6.45, 7) is 5.86. The molecule has 2 rings (SSSR count). The fraction of sp³-hybridized carbons (Fsp3) is 0.684. The van der Waals surface area contributed by atoms with E-state index in [-0.39, 0.29) is 18.4 Å². The molecule has 7 nitrogen and oxygen atoms in total. The second-order valence-corrected chi connectivity index (χ2v) is 7.75. The van der Waals surface area contributed by atoms with Gasteiger partial charge >= 0.3 is 5.97 Å². The summed E-state index contributed by atoms with van der Waals surface area (Å²) in [7, 11) is 2.09. The summed E-state index contributed by atoms with van der Waals surface area (Å²) in [4.78, 5) is 18.2. The Bertz CT molecular complexity index is 602. The maximum absolute atomic E-state index is 11.7. The number of aliphatic hydroxyl groups is 1. The van der Waals surface area contributed by atoms with Gasteiger partial charge in [0.05, 0.1) is 0 Å². The Kier molecular flexibility index (Phi) is 6.97. The lowest BCUT2D eigenvalue weighted by atomic mass is 9.84. The standard InChI is InChI=1S/C19H31N3O4/c1-13(2)10-17(20)19(25,18(23)24)12-14-11-16(4-7-21-14)26-15-5-8-22(3)9-6-15/h4,7,11,13,15,17,25H,5-6,8-10,12,20H2,1-3H3,(H,23,24)/t17-,19+/m0/s1. The van der Waals surface area contributed by atoms with Crippen LogP contribution in [-0.4, -0.2) is 64.0 Å². The molecule has 0 bridgehead atoms. The third-order valence-corrected chi connectivity index (χ3v) is 4.92. The van der Waals surface area contributed by atoms with Crippen LogP contribution in [0.15, 0.2) is 18.3 Å². The molecule has 146 valence electrons. The van der Waals surface area contributed by atoms with Crippen molar-refractivity contribution >= 4 is 5.97 Å². The zero-order valence-electron chi connectivity index (χ0n) is 15.9. The number of carboxylic acids is 1. The molecule has 1 fully saturated rings. The molecule has 1 aliphatic rings. The van der Waals surface area contributed by atoms with Gasteiger partial charge in [0, 0.05) is 43.5 Å². The highest BCUT2D eigenvalue weighted by molar-refractivity contribution is 5.78. The summed E-state index contributed by atoms with van der Waals surface area (Å²) in [6, 6.07) is 2.59. The van der Waals surface area contributed by atoms with E-state index in [1.807, 2.05) is 13.8 Å². The van der Waals surface area contributed by atoms with Crippen molar-refractivity contribution in [3.05, 3.63) is 24.0 Å². The number of piperidine rings is 1. The molecule has 0 unspecified atom stereocenters. The molecule has 0 spiro atoms. The first-order valence-corrected chi connectivity index (χ1v) is 9.22. The number of nitrogens with two attached hydrogens (primary N) is 1. The number of ether oxygens (including phenoxy) is 1. The van der Waals surface area contributed by atoms with Crippen LogP contribution < -0.4 is 10.5 Å². The van der Waals surface area contributed by atoms with Gasteiger partial charge in [0.1, 0.15) is 11.9 Å². The number of likely N-dealkylation sites (tertiary alicyclic amines) is 1. The minimum Gasteiger partial charge on any atom is -0.490 e. The third kappa shape index (κ3) is 5.40. The lowest BCUT2D eigenvalue weighted by Crippen LogP contribution is -2.56. The number of nitrogens with zero attached hydrogens (tertiary/aromatic N) is 2. The molecule has 7 heteroatoms. The number of rotatable bonds is 8. The van der Waals surface area contributed by atoms with E-state index in [1.165, 1.54) is 0 Å². The van der Waals surface area contributed by atoms with Crippen LogP contribution in [0.1, 0.15) is 38.8 Å². The summed E-state index contributed by atoms with van der Waals surface area (Å²) in [5, 5.41) is 20.2. The van der Waals surface area contributed by atoms with Gasteiger partial charge in [-0.15, -0.1) is 0 Å². The van der Waals surface area contributed by atoms with Crippen molar-refractivity contribution in [1.29, 1.82) is 0 Å². The van der Waals surface area contributed by atoms with Crippen LogP contribution in [0.3, 0.4) is 0 Å². The maximum atomic E-state index is 11.7. The van der Waals surface area contributed by atoms with Gasteiger partial charge < -0.3 is 25.6 Å². The van der Waals surface area contributed by atoms with Gasteiger partial charge in [-0.3, -0.25) is 4.98 Å². The SMILES string of the molecule is CC(C)C[C@H](N)[C@](O)(Cc1cc(OC2CCN(C)CC2)ccn1)C(=O)O. The van der Waals surface area contributed by atoms with Crippen molar-refractivity contribution in [3.8, 4) is 5.75 Å². The molecule has 26 heavy (non-hydrogen) atoms. The number of hydrogen-bond acceptors (Lipinski definition) is 6. The summed E-state index contributed by atoms with van der Waals surface area (Å²) in [5.41, 5.74) is 4.41. The Morgan fingerprint density at radius 2 is 2.12 bits per heavy atom. The average molecular weight is 365 g/mol. The van der Waals surface area contributed by atoms with Gasteiger partial charge in [-0.2, -0.15) is 0 Å². The van der Waals surface area contributed by atoms with Crippen LogP contribution in [0.4, 0.5) is 0 Å². The molecule has 0 saturated carbocycles. The van der Waals surface area contributed by atoms with E-state index >= 15 is 0 Å². The van der Waals surface area contributed by atoms with E-state index in [0.29, 0.717) is 17.9 Å². The largest absolute Gasteiger partial charge is 0.490 e. The number of carboxylic acid groups (broad SMARTS) is 1. The van der Waals surface area contributed by atoms with Crippen LogP contribution in [0, 0.1) is 5.92 Å². The minimum absolute atomic E-state index is 0.142. The number of aliphatic carboxylic acids is 1. The zero-order valence-corrected chi connectivity index (χ0v) is 15.9. The fourth-order valence-corrected chi connectivity index (χ4v) is 3.27. The average Bonchev–Trinajstić information content (AvgIpc) is 2.56. The fourth-order valence-electron chi connectivity index (χ4n) is 3.27. The van der Waals surface area contributed by atoms with Gasteiger partial charge in [-0.25, -0.2) is 4.79 Å². The van der Waals surface area contributed by atoms with Crippen molar-refractivity contribution in [3.63, 3.8) is 0 Å². The quantitative estimate of drug-likeness (QED) is 0.637. The number of aromatic nitrogens is 1. The zero-order chi connectivity index (χ0) is 19.3. The molecular formula is C19H31N3O4. The first kappa shape index (κ1) is 20.6. The Labute approximate surface area is 155 Å². The Morgan fingerprint density at radius 3 is 2.69 bits per heavy atom. The predicted octanol–water partition coefficient (Wildman–Crippen LogP) is 1.29. The smallest absolute Gasteiger partial charge is 0.337 e. The molecule has 0 radical (unpaired) electrons. The summed E-state index contributed by atoms with van der Waals surface area (Å²) < 4.78 is 6.02. The molecule has 1 aromatic rings. The highest BCUT2D eigenvalue weighted by atomic mass is 16.5. The first-order chi connectivity index (χ1) is 12.2. The van der Waals surface area contributed by atoms with Crippen molar-refractivity contribution in [2.75, 3.05) is 20.1 Å². The molecule has 1 aliphatic heterocycles. The van der Waals surface area contributed by atoms with Gasteiger partial charge in [-0.1, -0.05) is 13.8 Å². The molecular weight excluding hydrogens is 334 g/mol. The van der Waals surface area contributed by atoms with E-state index in [1.54, 1.807) is 18.3 Å². The van der Waals surface area contributed by atoms with Crippen LogP contribution in [-0.2, 0) is 11.2 Å². The lowest BCUT2D eigenvalue weighted by Gasteiger charge is -2.31. The maximum Gasteiger partial charge on any atom is 0.337 e. The Balaban J connectivity index is 2.08. The monoisotopic (exact) mass is 365 g/mol. The van der Waals surface area contributed by atoms with E-state index in [0.717, 1.165) is 25.9 Å². The van der Waals surface area contributed by atoms with Crippen molar-refractivity contribution in [2.24, 2.45) is 11.7 Å². The molecule has 1 aromatic heterocycles. The highest BCUT2D eigenvalue weighted by Gasteiger charge is 2.43. The molecule has 2 heterocycles. The Morgan fingerprint density at radius 1 is 1.46 bits per heavy atom. The van der Waals surface area contributed by atoms with E-state index in [2.05, 4.69) is 16.9 Å². The molecule has 1 saturated heterocycles. The summed E-state index contributed by atoms with van der Waals surface area (Å²) in [6.07, 6.45) is 3.88. The summed E-state index contributed by atoms with van der Waals surface area (Å²) >= 11 is 0. The van der Waals surface area contributed by atoms with Crippen LogP contribution >= 0.6 is 0 Å². The normalized spacial score (nSPS) is 19.9. The molecule has 0 aromatic carbocycles. The van der Waals surface area contributed by atoms with Gasteiger partial charge in [0.25, 0.3) is 0 Å². The highest BCUT2D eigenvalue weighted by Crippen LogP contribution is 2.24. The first-order valence-electron chi connectivity index (χ1n) is 9.22. The van der Waals surface area contributed by atoms with Gasteiger partial charge in [-0.05, 0) is 38.3 Å². The van der Waals surface area contributed by atoms with Crippen LogP contribution in [0.5, 0.6) is 5.75 Å². The van der Waals surface area contributed by atoms with Crippen molar-refractivity contribution in [2.45, 2.75) is 57.3 Å². The molecule has 0 amide bonds. The number of hydrogen-bond donors (Lipinski definition) is 3. The van der Waals surface area contributed by atoms with Crippen molar-refractivity contribution < 1.29 is 19.7 Å². The topological polar surface area (TPSA) is 109 Å². The second-order valence-electron chi connectivity index (χ2n) is 7.75. The van der Waals surface area contributed by atoms with Crippen molar-refractivity contribution in [1.82, 2.24) is 9.88 Å².